The molecule has 0 radical (unpaired) electrons. The van der Waals surface area contributed by atoms with Gasteiger partial charge in [-0.3, -0.25) is 4.79 Å². The van der Waals surface area contributed by atoms with Crippen molar-refractivity contribution in [1.29, 1.82) is 0 Å². The zero-order valence-electron chi connectivity index (χ0n) is 14.5. The molecule has 1 aromatic carbocycles. The maximum atomic E-state index is 12.5. The smallest absolute Gasteiger partial charge is 0.251 e. The Bertz CT molecular complexity index is 918. The summed E-state index contributed by atoms with van der Waals surface area (Å²) in [6.07, 6.45) is 1.94. The Kier molecular flexibility index (Phi) is 4.61. The monoisotopic (exact) mass is 363 g/mol. The van der Waals surface area contributed by atoms with E-state index in [9.17, 15) is 13.2 Å². The van der Waals surface area contributed by atoms with E-state index in [1.165, 1.54) is 26.2 Å². The molecule has 3 rings (SSSR count). The van der Waals surface area contributed by atoms with Gasteiger partial charge in [-0.25, -0.2) is 12.7 Å². The number of carbonyl (C=O) groups is 1. The van der Waals surface area contributed by atoms with Gasteiger partial charge in [0, 0.05) is 32.6 Å². The van der Waals surface area contributed by atoms with Crippen LogP contribution in [-0.2, 0) is 29.5 Å². The van der Waals surface area contributed by atoms with Crippen molar-refractivity contribution in [3.05, 3.63) is 41.0 Å². The van der Waals surface area contributed by atoms with Crippen LogP contribution in [0.5, 0.6) is 0 Å². The first-order valence-electron chi connectivity index (χ1n) is 8.03. The minimum Gasteiger partial charge on any atom is -0.345 e. The van der Waals surface area contributed by atoms with Crippen LogP contribution < -0.4 is 5.32 Å². The Morgan fingerprint density at radius 2 is 2.08 bits per heavy atom. The van der Waals surface area contributed by atoms with Crippen LogP contribution in [0.1, 0.15) is 34.0 Å². The summed E-state index contributed by atoms with van der Waals surface area (Å²) in [6, 6.07) is 4.56. The molecule has 1 aliphatic rings. The molecule has 0 atom stereocenters. The van der Waals surface area contributed by atoms with E-state index in [0.29, 0.717) is 11.1 Å². The summed E-state index contributed by atoms with van der Waals surface area (Å²) < 4.78 is 27.7. The molecule has 0 aliphatic carbocycles. The zero-order chi connectivity index (χ0) is 18.2. The number of hydrogen-bond acceptors (Lipinski definition) is 5. The number of carbonyl (C=O) groups excluding carboxylic acids is 1. The molecule has 2 heterocycles. The lowest BCUT2D eigenvalue weighted by Crippen LogP contribution is -2.26. The highest BCUT2D eigenvalue weighted by Crippen LogP contribution is 2.18. The molecule has 0 bridgehead atoms. The molecule has 1 aromatic heterocycles. The fourth-order valence-electron chi connectivity index (χ4n) is 2.81. The standard InChI is InChI=1S/C16H21N5O3S/c1-11-6-7-12(25(23,24)20(2)3)9-13(11)16(22)17-10-15-19-18-14-5-4-8-21(14)15/h6-7,9H,4-5,8,10H2,1-3H3,(H,17,22). The number of benzene rings is 1. The normalized spacial score (nSPS) is 13.9. The summed E-state index contributed by atoms with van der Waals surface area (Å²) in [4.78, 5) is 12.6. The number of nitrogens with zero attached hydrogens (tertiary/aromatic N) is 4. The van der Waals surface area contributed by atoms with Gasteiger partial charge in [0.1, 0.15) is 5.82 Å². The van der Waals surface area contributed by atoms with Crippen LogP contribution in [0.15, 0.2) is 23.1 Å². The summed E-state index contributed by atoms with van der Waals surface area (Å²) >= 11 is 0. The number of nitrogens with one attached hydrogen (secondary N) is 1. The maximum Gasteiger partial charge on any atom is 0.251 e. The maximum absolute atomic E-state index is 12.5. The molecule has 8 nitrogen and oxygen atoms in total. The topological polar surface area (TPSA) is 97.2 Å². The molecule has 0 unspecified atom stereocenters. The van der Waals surface area contributed by atoms with E-state index in [4.69, 9.17) is 0 Å². The quantitative estimate of drug-likeness (QED) is 0.844. The summed E-state index contributed by atoms with van der Waals surface area (Å²) in [7, 11) is -0.671. The minimum absolute atomic E-state index is 0.0941. The van der Waals surface area contributed by atoms with E-state index in [-0.39, 0.29) is 17.3 Å². The van der Waals surface area contributed by atoms with Gasteiger partial charge in [0.05, 0.1) is 11.4 Å². The Labute approximate surface area is 146 Å². The van der Waals surface area contributed by atoms with Crippen molar-refractivity contribution in [2.45, 2.75) is 37.8 Å². The van der Waals surface area contributed by atoms with Crippen molar-refractivity contribution >= 4 is 15.9 Å². The third-order valence-corrected chi connectivity index (χ3v) is 6.14. The van der Waals surface area contributed by atoms with Crippen molar-refractivity contribution < 1.29 is 13.2 Å². The number of hydrogen-bond donors (Lipinski definition) is 1. The minimum atomic E-state index is -3.59. The largest absolute Gasteiger partial charge is 0.345 e. The lowest BCUT2D eigenvalue weighted by Gasteiger charge is -2.14. The van der Waals surface area contributed by atoms with Crippen molar-refractivity contribution in [3.63, 3.8) is 0 Å². The molecule has 0 fully saturated rings. The Balaban J connectivity index is 1.80. The lowest BCUT2D eigenvalue weighted by atomic mass is 10.1. The summed E-state index contributed by atoms with van der Waals surface area (Å²) in [5.74, 6) is 1.33. The van der Waals surface area contributed by atoms with E-state index in [0.717, 1.165) is 35.3 Å². The van der Waals surface area contributed by atoms with Crippen molar-refractivity contribution in [2.24, 2.45) is 0 Å². The van der Waals surface area contributed by atoms with E-state index >= 15 is 0 Å². The number of sulfonamides is 1. The van der Waals surface area contributed by atoms with Crippen LogP contribution in [0.2, 0.25) is 0 Å². The van der Waals surface area contributed by atoms with E-state index in [2.05, 4.69) is 15.5 Å². The van der Waals surface area contributed by atoms with Crippen LogP contribution in [0.3, 0.4) is 0 Å². The first-order chi connectivity index (χ1) is 11.8. The predicted molar refractivity (Wildman–Crippen MR) is 91.6 cm³/mol. The third-order valence-electron chi connectivity index (χ3n) is 4.33. The van der Waals surface area contributed by atoms with Crippen LogP contribution in [0, 0.1) is 6.92 Å². The molecule has 1 N–H and O–H groups in total. The molecular weight excluding hydrogens is 342 g/mol. The highest BCUT2D eigenvalue weighted by molar-refractivity contribution is 7.89. The SMILES string of the molecule is Cc1ccc(S(=O)(=O)N(C)C)cc1C(=O)NCc1nnc2n1CCC2. The van der Waals surface area contributed by atoms with Gasteiger partial charge in [0.15, 0.2) is 5.82 Å². The van der Waals surface area contributed by atoms with Gasteiger partial charge in [-0.2, -0.15) is 0 Å². The van der Waals surface area contributed by atoms with Gasteiger partial charge in [-0.15, -0.1) is 10.2 Å². The Morgan fingerprint density at radius 1 is 1.32 bits per heavy atom. The van der Waals surface area contributed by atoms with Gasteiger partial charge in [0.25, 0.3) is 5.91 Å². The lowest BCUT2D eigenvalue weighted by molar-refractivity contribution is 0.0948. The van der Waals surface area contributed by atoms with Gasteiger partial charge in [-0.1, -0.05) is 6.07 Å². The third kappa shape index (κ3) is 3.29. The summed E-state index contributed by atoms with van der Waals surface area (Å²) in [5, 5.41) is 11.0. The molecule has 1 amide bonds. The fraction of sp³-hybridized carbons (Fsp3) is 0.438. The van der Waals surface area contributed by atoms with Gasteiger partial charge in [0.2, 0.25) is 10.0 Å². The van der Waals surface area contributed by atoms with Crippen LogP contribution in [0.4, 0.5) is 0 Å². The Hall–Kier alpha value is -2.26. The molecule has 134 valence electrons. The Morgan fingerprint density at radius 3 is 2.80 bits per heavy atom. The van der Waals surface area contributed by atoms with Crippen LogP contribution >= 0.6 is 0 Å². The van der Waals surface area contributed by atoms with Gasteiger partial charge >= 0.3 is 0 Å². The molecule has 0 spiro atoms. The van der Waals surface area contributed by atoms with E-state index < -0.39 is 10.0 Å². The van der Waals surface area contributed by atoms with Crippen LogP contribution in [-0.4, -0.2) is 47.5 Å². The molecule has 0 saturated carbocycles. The van der Waals surface area contributed by atoms with Crippen molar-refractivity contribution in [3.8, 4) is 0 Å². The molecule has 1 aliphatic heterocycles. The van der Waals surface area contributed by atoms with E-state index in [1.54, 1.807) is 13.0 Å². The highest BCUT2D eigenvalue weighted by atomic mass is 32.2. The summed E-state index contributed by atoms with van der Waals surface area (Å²) in [6.45, 7) is 2.90. The number of aromatic nitrogens is 3. The number of aryl methyl sites for hydroxylation is 2. The van der Waals surface area contributed by atoms with Crippen LogP contribution in [0.25, 0.3) is 0 Å². The van der Waals surface area contributed by atoms with Crippen molar-refractivity contribution in [2.75, 3.05) is 14.1 Å². The zero-order valence-corrected chi connectivity index (χ0v) is 15.3. The van der Waals surface area contributed by atoms with Gasteiger partial charge < -0.3 is 9.88 Å². The number of amides is 1. The van der Waals surface area contributed by atoms with Gasteiger partial charge in [-0.05, 0) is 31.0 Å². The first-order valence-corrected chi connectivity index (χ1v) is 9.47. The second-order valence-electron chi connectivity index (χ2n) is 6.23. The summed E-state index contributed by atoms with van der Waals surface area (Å²) in [5.41, 5.74) is 1.05. The second kappa shape index (κ2) is 6.57. The number of fused-ring (bicyclic) bond motifs is 1. The second-order valence-corrected chi connectivity index (χ2v) is 8.39. The number of rotatable bonds is 5. The molecule has 0 saturated heterocycles. The molecule has 2 aromatic rings. The highest BCUT2D eigenvalue weighted by Gasteiger charge is 2.21. The predicted octanol–water partition coefficient (Wildman–Crippen LogP) is 0.713. The van der Waals surface area contributed by atoms with E-state index in [1.807, 2.05) is 4.57 Å². The first kappa shape index (κ1) is 17.6. The molecule has 9 heteroatoms. The fourth-order valence-corrected chi connectivity index (χ4v) is 3.74. The average Bonchev–Trinajstić information content (AvgIpc) is 3.16. The van der Waals surface area contributed by atoms with Crippen molar-refractivity contribution in [1.82, 2.24) is 24.4 Å². The molecular formula is C16H21N5O3S. The average molecular weight is 363 g/mol. The molecule has 25 heavy (non-hydrogen) atoms.